The fourth-order valence-electron chi connectivity index (χ4n) is 1.87. The summed E-state index contributed by atoms with van der Waals surface area (Å²) >= 11 is 0. The second-order valence-electron chi connectivity index (χ2n) is 5.28. The number of amides is 1. The molecule has 4 heteroatoms. The summed E-state index contributed by atoms with van der Waals surface area (Å²) in [4.78, 5) is 14.0. The Hall–Kier alpha value is -1.39. The highest BCUT2D eigenvalue weighted by molar-refractivity contribution is 5.78. The van der Waals surface area contributed by atoms with Crippen LogP contribution in [0.1, 0.15) is 25.5 Å². The first-order chi connectivity index (χ1) is 8.93. The molecule has 0 heterocycles. The normalized spacial score (nSPS) is 15.9. The molecule has 0 saturated heterocycles. The molecule has 0 aromatic heterocycles. The van der Waals surface area contributed by atoms with E-state index in [2.05, 4.69) is 22.3 Å². The number of nitrogens with one attached hydrogen (secondary N) is 1. The summed E-state index contributed by atoms with van der Waals surface area (Å²) in [6, 6.07) is 10.2. The van der Waals surface area contributed by atoms with E-state index in [0.717, 1.165) is 0 Å². The van der Waals surface area contributed by atoms with Gasteiger partial charge in [-0.25, -0.2) is 0 Å². The van der Waals surface area contributed by atoms with Gasteiger partial charge in [-0.3, -0.25) is 4.79 Å². The van der Waals surface area contributed by atoms with E-state index >= 15 is 0 Å². The van der Waals surface area contributed by atoms with E-state index in [-0.39, 0.29) is 23.9 Å². The summed E-state index contributed by atoms with van der Waals surface area (Å²) in [7, 11) is 4.03. The van der Waals surface area contributed by atoms with Crippen molar-refractivity contribution < 1.29 is 4.79 Å². The van der Waals surface area contributed by atoms with Crippen molar-refractivity contribution >= 4 is 5.91 Å². The predicted octanol–water partition coefficient (Wildman–Crippen LogP) is 1.39. The largest absolute Gasteiger partial charge is 0.354 e. The Balaban J connectivity index is 2.64. The highest BCUT2D eigenvalue weighted by Crippen LogP contribution is 2.16. The first-order valence-corrected chi connectivity index (χ1v) is 6.68. The maximum absolute atomic E-state index is 11.9. The smallest absolute Gasteiger partial charge is 0.224 e. The first kappa shape index (κ1) is 15.7. The van der Waals surface area contributed by atoms with Crippen molar-refractivity contribution in [1.82, 2.24) is 10.2 Å². The molecule has 1 rings (SSSR count). The van der Waals surface area contributed by atoms with Crippen LogP contribution in [0.3, 0.4) is 0 Å². The number of nitrogens with zero attached hydrogens (tertiary/aromatic N) is 1. The Bertz CT molecular complexity index is 390. The summed E-state index contributed by atoms with van der Waals surface area (Å²) in [5.74, 6) is -0.156. The van der Waals surface area contributed by atoms with E-state index in [1.165, 1.54) is 5.56 Å². The molecule has 1 aromatic carbocycles. The molecule has 0 fully saturated rings. The predicted molar refractivity (Wildman–Crippen MR) is 78.7 cm³/mol. The monoisotopic (exact) mass is 263 g/mol. The van der Waals surface area contributed by atoms with Crippen LogP contribution < -0.4 is 11.1 Å². The third-order valence-corrected chi connectivity index (χ3v) is 3.48. The summed E-state index contributed by atoms with van der Waals surface area (Å²) < 4.78 is 0. The SMILES string of the molecule is CC(N)C(C)C(=O)NCC(c1ccccc1)N(C)C. The van der Waals surface area contributed by atoms with Gasteiger partial charge in [-0.15, -0.1) is 0 Å². The van der Waals surface area contributed by atoms with Gasteiger partial charge in [0.1, 0.15) is 0 Å². The van der Waals surface area contributed by atoms with Gasteiger partial charge in [-0.1, -0.05) is 37.3 Å². The number of hydrogen-bond acceptors (Lipinski definition) is 3. The van der Waals surface area contributed by atoms with Gasteiger partial charge in [0.05, 0.1) is 6.04 Å². The molecule has 0 aliphatic heterocycles. The molecule has 3 unspecified atom stereocenters. The molecule has 0 saturated carbocycles. The molecule has 1 amide bonds. The van der Waals surface area contributed by atoms with Crippen molar-refractivity contribution in [3.05, 3.63) is 35.9 Å². The zero-order valence-electron chi connectivity index (χ0n) is 12.3. The van der Waals surface area contributed by atoms with Gasteiger partial charge in [0.25, 0.3) is 0 Å². The lowest BCUT2D eigenvalue weighted by Crippen LogP contribution is -2.41. The standard InChI is InChI=1S/C15H25N3O/c1-11(12(2)16)15(19)17-10-14(18(3)4)13-8-6-5-7-9-13/h5-9,11-12,14H,10,16H2,1-4H3,(H,17,19). The fraction of sp³-hybridized carbons (Fsp3) is 0.533. The molecule has 0 bridgehead atoms. The van der Waals surface area contributed by atoms with E-state index in [9.17, 15) is 4.79 Å². The summed E-state index contributed by atoms with van der Waals surface area (Å²) in [6.07, 6.45) is 0. The van der Waals surface area contributed by atoms with Crippen LogP contribution in [0.4, 0.5) is 0 Å². The van der Waals surface area contributed by atoms with Crippen LogP contribution in [0.25, 0.3) is 0 Å². The maximum Gasteiger partial charge on any atom is 0.224 e. The van der Waals surface area contributed by atoms with Crippen LogP contribution >= 0.6 is 0 Å². The lowest BCUT2D eigenvalue weighted by Gasteiger charge is -2.26. The lowest BCUT2D eigenvalue weighted by molar-refractivity contribution is -0.125. The topological polar surface area (TPSA) is 58.4 Å². The Kier molecular flexibility index (Phi) is 5.99. The van der Waals surface area contributed by atoms with Gasteiger partial charge in [-0.05, 0) is 26.6 Å². The Morgan fingerprint density at radius 3 is 2.32 bits per heavy atom. The molecule has 0 radical (unpaired) electrons. The van der Waals surface area contributed by atoms with Gasteiger partial charge in [-0.2, -0.15) is 0 Å². The molecule has 19 heavy (non-hydrogen) atoms. The molecule has 106 valence electrons. The summed E-state index contributed by atoms with van der Waals surface area (Å²) in [6.45, 7) is 4.30. The highest BCUT2D eigenvalue weighted by Gasteiger charge is 2.19. The fourth-order valence-corrected chi connectivity index (χ4v) is 1.87. The van der Waals surface area contributed by atoms with Crippen LogP contribution in [-0.2, 0) is 4.79 Å². The summed E-state index contributed by atoms with van der Waals surface area (Å²) in [5, 5.41) is 2.98. The minimum absolute atomic E-state index is 0.0118. The second-order valence-corrected chi connectivity index (χ2v) is 5.28. The quantitative estimate of drug-likeness (QED) is 0.815. The van der Waals surface area contributed by atoms with Gasteiger partial charge >= 0.3 is 0 Å². The summed E-state index contributed by atoms with van der Waals surface area (Å²) in [5.41, 5.74) is 6.94. The Labute approximate surface area is 116 Å². The first-order valence-electron chi connectivity index (χ1n) is 6.68. The molecule has 0 aliphatic rings. The molecule has 3 atom stereocenters. The van der Waals surface area contributed by atoms with Crippen LogP contribution in [0, 0.1) is 5.92 Å². The van der Waals surface area contributed by atoms with Crippen molar-refractivity contribution in [2.45, 2.75) is 25.9 Å². The third-order valence-electron chi connectivity index (χ3n) is 3.48. The molecule has 4 nitrogen and oxygen atoms in total. The van der Waals surface area contributed by atoms with Crippen molar-refractivity contribution in [2.75, 3.05) is 20.6 Å². The number of hydrogen-bond donors (Lipinski definition) is 2. The minimum atomic E-state index is -0.168. The van der Waals surface area contributed by atoms with E-state index in [0.29, 0.717) is 6.54 Å². The van der Waals surface area contributed by atoms with Crippen molar-refractivity contribution in [3.8, 4) is 0 Å². The molecule has 3 N–H and O–H groups in total. The van der Waals surface area contributed by atoms with Gasteiger partial charge in [0, 0.05) is 18.5 Å². The van der Waals surface area contributed by atoms with Gasteiger partial charge < -0.3 is 16.0 Å². The van der Waals surface area contributed by atoms with Crippen LogP contribution in [0.5, 0.6) is 0 Å². The molecule has 0 aliphatic carbocycles. The van der Waals surface area contributed by atoms with Crippen molar-refractivity contribution in [3.63, 3.8) is 0 Å². The zero-order chi connectivity index (χ0) is 14.4. The van der Waals surface area contributed by atoms with Crippen molar-refractivity contribution in [2.24, 2.45) is 11.7 Å². The molecular weight excluding hydrogens is 238 g/mol. The number of carbonyl (C=O) groups excluding carboxylic acids is 1. The molecular formula is C15H25N3O. The Morgan fingerprint density at radius 1 is 1.26 bits per heavy atom. The zero-order valence-corrected chi connectivity index (χ0v) is 12.3. The number of rotatable bonds is 6. The van der Waals surface area contributed by atoms with E-state index in [1.54, 1.807) is 0 Å². The highest BCUT2D eigenvalue weighted by atomic mass is 16.1. The number of benzene rings is 1. The third kappa shape index (κ3) is 4.65. The van der Waals surface area contributed by atoms with Gasteiger partial charge in [0.15, 0.2) is 0 Å². The average Bonchev–Trinajstić information content (AvgIpc) is 2.38. The maximum atomic E-state index is 11.9. The van der Waals surface area contributed by atoms with E-state index in [4.69, 9.17) is 5.73 Å². The van der Waals surface area contributed by atoms with E-state index in [1.807, 2.05) is 46.1 Å². The minimum Gasteiger partial charge on any atom is -0.354 e. The lowest BCUT2D eigenvalue weighted by atomic mass is 10.0. The molecule has 0 spiro atoms. The average molecular weight is 263 g/mol. The van der Waals surface area contributed by atoms with Crippen LogP contribution in [-0.4, -0.2) is 37.5 Å². The van der Waals surface area contributed by atoms with Gasteiger partial charge in [0.2, 0.25) is 5.91 Å². The van der Waals surface area contributed by atoms with Crippen LogP contribution in [0.15, 0.2) is 30.3 Å². The van der Waals surface area contributed by atoms with Crippen LogP contribution in [0.2, 0.25) is 0 Å². The van der Waals surface area contributed by atoms with Crippen molar-refractivity contribution in [1.29, 1.82) is 0 Å². The Morgan fingerprint density at radius 2 is 1.84 bits per heavy atom. The molecule has 1 aromatic rings. The second kappa shape index (κ2) is 7.26. The number of carbonyl (C=O) groups is 1. The van der Waals surface area contributed by atoms with E-state index < -0.39 is 0 Å². The number of likely N-dealkylation sites (N-methyl/N-ethyl adjacent to an activating group) is 1. The number of nitrogens with two attached hydrogens (primary N) is 1.